The van der Waals surface area contributed by atoms with Crippen molar-refractivity contribution in [3.8, 4) is 0 Å². The van der Waals surface area contributed by atoms with E-state index in [-0.39, 0.29) is 11.5 Å². The summed E-state index contributed by atoms with van der Waals surface area (Å²) in [6.45, 7) is 10.4. The van der Waals surface area contributed by atoms with Crippen molar-refractivity contribution >= 4 is 27.4 Å². The van der Waals surface area contributed by atoms with Crippen LogP contribution in [0.25, 0.3) is 10.2 Å². The number of fused-ring (bicyclic) bond motifs is 1. The van der Waals surface area contributed by atoms with Crippen molar-refractivity contribution in [3.63, 3.8) is 0 Å². The molecule has 0 saturated carbocycles. The number of aromatic nitrogens is 2. The first-order valence-corrected chi connectivity index (χ1v) is 8.88. The maximum atomic E-state index is 10.6. The van der Waals surface area contributed by atoms with E-state index in [0.29, 0.717) is 12.5 Å². The summed E-state index contributed by atoms with van der Waals surface area (Å²) in [6, 6.07) is 2.21. The summed E-state index contributed by atoms with van der Waals surface area (Å²) in [6.07, 6.45) is 3.37. The standard InChI is InChI=1S/C17H25N3OS/c1-5-11-8-12-15(18-10-19-16(12)22-11)20-7-6-13(14(21)9-20)17(2,3)4/h8,10,13-14,21H,5-7,9H2,1-4H3. The fraction of sp³-hybridized carbons (Fsp3) is 0.647. The third-order valence-corrected chi connectivity index (χ3v) is 5.89. The van der Waals surface area contributed by atoms with Gasteiger partial charge in [0.15, 0.2) is 0 Å². The first kappa shape index (κ1) is 15.7. The number of hydrogen-bond acceptors (Lipinski definition) is 5. The van der Waals surface area contributed by atoms with Crippen molar-refractivity contribution in [3.05, 3.63) is 17.3 Å². The molecule has 1 saturated heterocycles. The van der Waals surface area contributed by atoms with Crippen LogP contribution in [-0.2, 0) is 6.42 Å². The van der Waals surface area contributed by atoms with E-state index in [0.717, 1.165) is 35.4 Å². The van der Waals surface area contributed by atoms with Crippen LogP contribution in [0, 0.1) is 11.3 Å². The molecule has 22 heavy (non-hydrogen) atoms. The number of anilines is 1. The summed E-state index contributed by atoms with van der Waals surface area (Å²) in [7, 11) is 0. The fourth-order valence-electron chi connectivity index (χ4n) is 3.45. The van der Waals surface area contributed by atoms with E-state index >= 15 is 0 Å². The number of aryl methyl sites for hydroxylation is 1. The van der Waals surface area contributed by atoms with Crippen LogP contribution in [-0.4, -0.2) is 34.3 Å². The van der Waals surface area contributed by atoms with Gasteiger partial charge in [-0.05, 0) is 30.2 Å². The molecule has 2 unspecified atom stereocenters. The lowest BCUT2D eigenvalue weighted by Gasteiger charge is -2.42. The van der Waals surface area contributed by atoms with Gasteiger partial charge in [0, 0.05) is 18.0 Å². The van der Waals surface area contributed by atoms with Gasteiger partial charge in [-0.15, -0.1) is 11.3 Å². The quantitative estimate of drug-likeness (QED) is 0.920. The Hall–Kier alpha value is -1.20. The van der Waals surface area contributed by atoms with E-state index in [2.05, 4.69) is 48.6 Å². The molecule has 2 aromatic heterocycles. The Balaban J connectivity index is 1.88. The van der Waals surface area contributed by atoms with Crippen LogP contribution in [0.2, 0.25) is 0 Å². The molecule has 1 aliphatic rings. The smallest absolute Gasteiger partial charge is 0.140 e. The Morgan fingerprint density at radius 1 is 1.36 bits per heavy atom. The monoisotopic (exact) mass is 319 g/mol. The number of rotatable bonds is 2. The topological polar surface area (TPSA) is 49.2 Å². The average Bonchev–Trinajstić information content (AvgIpc) is 2.88. The summed E-state index contributed by atoms with van der Waals surface area (Å²) in [5.41, 5.74) is 0.143. The zero-order valence-corrected chi connectivity index (χ0v) is 14.7. The Bertz CT molecular complexity index is 661. The highest BCUT2D eigenvalue weighted by Crippen LogP contribution is 2.37. The molecule has 2 aromatic rings. The number of thiophene rings is 1. The van der Waals surface area contributed by atoms with Gasteiger partial charge in [-0.2, -0.15) is 0 Å². The predicted molar refractivity (Wildman–Crippen MR) is 92.6 cm³/mol. The molecule has 4 nitrogen and oxygen atoms in total. The third kappa shape index (κ3) is 2.84. The van der Waals surface area contributed by atoms with Crippen molar-refractivity contribution in [1.82, 2.24) is 9.97 Å². The van der Waals surface area contributed by atoms with Gasteiger partial charge in [-0.1, -0.05) is 27.7 Å². The highest BCUT2D eigenvalue weighted by Gasteiger charge is 2.36. The first-order chi connectivity index (χ1) is 10.4. The van der Waals surface area contributed by atoms with E-state index in [1.165, 1.54) is 4.88 Å². The van der Waals surface area contributed by atoms with Gasteiger partial charge in [0.25, 0.3) is 0 Å². The molecule has 1 fully saturated rings. The minimum absolute atomic E-state index is 0.143. The Morgan fingerprint density at radius 2 is 2.14 bits per heavy atom. The second-order valence-corrected chi connectivity index (χ2v) is 8.37. The maximum absolute atomic E-state index is 10.6. The molecule has 1 N–H and O–H groups in total. The van der Waals surface area contributed by atoms with E-state index in [1.807, 2.05) is 0 Å². The summed E-state index contributed by atoms with van der Waals surface area (Å²) in [5, 5.41) is 11.7. The van der Waals surface area contributed by atoms with Crippen molar-refractivity contribution < 1.29 is 5.11 Å². The molecule has 0 spiro atoms. The number of hydrogen-bond donors (Lipinski definition) is 1. The molecule has 0 bridgehead atoms. The Kier molecular flexibility index (Phi) is 4.12. The third-order valence-electron chi connectivity index (χ3n) is 4.70. The van der Waals surface area contributed by atoms with Crippen LogP contribution in [0.1, 0.15) is 39.0 Å². The molecular formula is C17H25N3OS. The molecule has 120 valence electrons. The Labute approximate surface area is 136 Å². The van der Waals surface area contributed by atoms with Gasteiger partial charge in [0.1, 0.15) is 17.0 Å². The van der Waals surface area contributed by atoms with Gasteiger partial charge in [-0.3, -0.25) is 0 Å². The molecule has 0 aromatic carbocycles. The minimum Gasteiger partial charge on any atom is -0.391 e. The molecule has 5 heteroatoms. The second-order valence-electron chi connectivity index (χ2n) is 7.26. The van der Waals surface area contributed by atoms with Crippen molar-refractivity contribution in [2.45, 2.75) is 46.6 Å². The largest absolute Gasteiger partial charge is 0.391 e. The van der Waals surface area contributed by atoms with E-state index in [1.54, 1.807) is 17.7 Å². The van der Waals surface area contributed by atoms with Crippen LogP contribution in [0.15, 0.2) is 12.4 Å². The molecule has 0 radical (unpaired) electrons. The van der Waals surface area contributed by atoms with E-state index in [9.17, 15) is 5.11 Å². The van der Waals surface area contributed by atoms with Gasteiger partial charge in [0.2, 0.25) is 0 Å². The minimum atomic E-state index is -0.303. The van der Waals surface area contributed by atoms with Crippen LogP contribution in [0.4, 0.5) is 5.82 Å². The van der Waals surface area contributed by atoms with Crippen molar-refractivity contribution in [2.24, 2.45) is 11.3 Å². The highest BCUT2D eigenvalue weighted by molar-refractivity contribution is 7.18. The molecule has 1 aliphatic heterocycles. The summed E-state index contributed by atoms with van der Waals surface area (Å²) in [4.78, 5) is 13.5. The summed E-state index contributed by atoms with van der Waals surface area (Å²) in [5.74, 6) is 1.32. The molecule has 0 amide bonds. The van der Waals surface area contributed by atoms with Crippen LogP contribution < -0.4 is 4.90 Å². The maximum Gasteiger partial charge on any atom is 0.140 e. The van der Waals surface area contributed by atoms with Crippen molar-refractivity contribution in [1.29, 1.82) is 0 Å². The van der Waals surface area contributed by atoms with E-state index in [4.69, 9.17) is 0 Å². The molecular weight excluding hydrogens is 294 g/mol. The number of aliphatic hydroxyl groups excluding tert-OH is 1. The summed E-state index contributed by atoms with van der Waals surface area (Å²) >= 11 is 1.74. The van der Waals surface area contributed by atoms with Crippen LogP contribution in [0.3, 0.4) is 0 Å². The number of β-amino-alcohol motifs (C(OH)–C–C–N with tert-alkyl or cyclic N) is 1. The van der Waals surface area contributed by atoms with Crippen LogP contribution in [0.5, 0.6) is 0 Å². The normalized spacial score (nSPS) is 23.2. The average molecular weight is 319 g/mol. The lowest BCUT2D eigenvalue weighted by atomic mass is 9.73. The van der Waals surface area contributed by atoms with Gasteiger partial charge in [-0.25, -0.2) is 9.97 Å². The number of aliphatic hydroxyl groups is 1. The van der Waals surface area contributed by atoms with Gasteiger partial charge < -0.3 is 10.0 Å². The SMILES string of the molecule is CCc1cc2c(N3CCC(C(C)(C)C)C(O)C3)ncnc2s1. The summed E-state index contributed by atoms with van der Waals surface area (Å²) < 4.78 is 0. The lowest BCUT2D eigenvalue weighted by Crippen LogP contribution is -2.48. The van der Waals surface area contributed by atoms with Crippen molar-refractivity contribution in [2.75, 3.05) is 18.0 Å². The van der Waals surface area contributed by atoms with Gasteiger partial charge in [0.05, 0.1) is 11.5 Å². The molecule has 0 aliphatic carbocycles. The molecule has 3 heterocycles. The lowest BCUT2D eigenvalue weighted by molar-refractivity contribution is 0.0292. The predicted octanol–water partition coefficient (Wildman–Crippen LogP) is 3.49. The van der Waals surface area contributed by atoms with E-state index < -0.39 is 0 Å². The zero-order valence-electron chi connectivity index (χ0n) is 13.8. The van der Waals surface area contributed by atoms with Gasteiger partial charge >= 0.3 is 0 Å². The number of nitrogens with zero attached hydrogens (tertiary/aromatic N) is 3. The number of piperidine rings is 1. The van der Waals surface area contributed by atoms with Crippen LogP contribution >= 0.6 is 11.3 Å². The molecule has 2 atom stereocenters. The zero-order chi connectivity index (χ0) is 15.9. The Morgan fingerprint density at radius 3 is 2.77 bits per heavy atom. The first-order valence-electron chi connectivity index (χ1n) is 8.06. The molecule has 3 rings (SSSR count). The fourth-order valence-corrected chi connectivity index (χ4v) is 4.38. The second kappa shape index (κ2) is 5.78. The highest BCUT2D eigenvalue weighted by atomic mass is 32.1.